The molecule has 8 nitrogen and oxygen atoms in total. The SMILES string of the molecule is CCCCC(=O)N(NC(=O)CC)NC(=O)NCCc1ccccn1. The average molecular weight is 335 g/mol. The number of carbonyl (C=O) groups excluding carboxylic acids is 3. The average Bonchev–Trinajstić information content (AvgIpc) is 2.59. The normalized spacial score (nSPS) is 9.92. The van der Waals surface area contributed by atoms with E-state index in [9.17, 15) is 14.4 Å². The Morgan fingerprint density at radius 2 is 1.96 bits per heavy atom. The van der Waals surface area contributed by atoms with E-state index in [1.807, 2.05) is 25.1 Å². The highest BCUT2D eigenvalue weighted by atomic mass is 16.2. The zero-order valence-corrected chi connectivity index (χ0v) is 14.2. The third-order valence-corrected chi connectivity index (χ3v) is 3.16. The van der Waals surface area contributed by atoms with E-state index in [0.717, 1.165) is 17.2 Å². The Morgan fingerprint density at radius 3 is 2.58 bits per heavy atom. The van der Waals surface area contributed by atoms with Crippen LogP contribution in [-0.4, -0.2) is 34.5 Å². The van der Waals surface area contributed by atoms with Gasteiger partial charge in [-0.1, -0.05) is 26.3 Å². The van der Waals surface area contributed by atoms with Crippen LogP contribution in [0.4, 0.5) is 4.79 Å². The Labute approximate surface area is 141 Å². The Hall–Kier alpha value is -2.64. The fourth-order valence-corrected chi connectivity index (χ4v) is 1.79. The van der Waals surface area contributed by atoms with E-state index in [1.54, 1.807) is 13.1 Å². The lowest BCUT2D eigenvalue weighted by Crippen LogP contribution is -2.58. The van der Waals surface area contributed by atoms with E-state index in [0.29, 0.717) is 19.4 Å². The Balaban J connectivity index is 2.46. The third kappa shape index (κ3) is 7.57. The van der Waals surface area contributed by atoms with Crippen LogP contribution in [0.1, 0.15) is 45.2 Å². The summed E-state index contributed by atoms with van der Waals surface area (Å²) in [5.41, 5.74) is 5.59. The number of urea groups is 1. The highest BCUT2D eigenvalue weighted by molar-refractivity contribution is 5.84. The molecular formula is C16H25N5O3. The quantitative estimate of drug-likeness (QED) is 0.653. The van der Waals surface area contributed by atoms with Crippen molar-refractivity contribution in [3.05, 3.63) is 30.1 Å². The number of hydrazine groups is 2. The van der Waals surface area contributed by atoms with Gasteiger partial charge < -0.3 is 5.32 Å². The Morgan fingerprint density at radius 1 is 1.17 bits per heavy atom. The minimum Gasteiger partial charge on any atom is -0.336 e. The fraction of sp³-hybridized carbons (Fsp3) is 0.500. The number of nitrogens with one attached hydrogen (secondary N) is 3. The first-order chi connectivity index (χ1) is 11.6. The molecule has 1 heterocycles. The van der Waals surface area contributed by atoms with Crippen LogP contribution in [0.25, 0.3) is 0 Å². The molecule has 132 valence electrons. The van der Waals surface area contributed by atoms with E-state index in [-0.39, 0.29) is 24.7 Å². The summed E-state index contributed by atoms with van der Waals surface area (Å²) in [5, 5.41) is 3.49. The second-order valence-corrected chi connectivity index (χ2v) is 5.16. The molecule has 0 aliphatic rings. The van der Waals surface area contributed by atoms with Crippen molar-refractivity contribution in [1.29, 1.82) is 0 Å². The number of pyridine rings is 1. The molecule has 0 saturated heterocycles. The summed E-state index contributed by atoms with van der Waals surface area (Å²) in [6.07, 6.45) is 4.23. The highest BCUT2D eigenvalue weighted by Crippen LogP contribution is 1.97. The van der Waals surface area contributed by atoms with Crippen LogP contribution in [-0.2, 0) is 16.0 Å². The van der Waals surface area contributed by atoms with E-state index in [4.69, 9.17) is 0 Å². The lowest BCUT2D eigenvalue weighted by atomic mass is 10.2. The van der Waals surface area contributed by atoms with Crippen molar-refractivity contribution in [3.63, 3.8) is 0 Å². The van der Waals surface area contributed by atoms with Crippen molar-refractivity contribution in [2.75, 3.05) is 6.54 Å². The van der Waals surface area contributed by atoms with Crippen molar-refractivity contribution >= 4 is 17.8 Å². The van der Waals surface area contributed by atoms with Gasteiger partial charge in [0.05, 0.1) is 0 Å². The van der Waals surface area contributed by atoms with Crippen molar-refractivity contribution in [1.82, 2.24) is 26.3 Å². The standard InChI is InChI=1S/C16H25N5O3/c1-3-5-9-15(23)21(19-14(22)4-2)20-16(24)18-12-10-13-8-6-7-11-17-13/h6-8,11H,3-5,9-10,12H2,1-2H3,(H,19,22)(H2,18,20,24). The summed E-state index contributed by atoms with van der Waals surface area (Å²) in [5.74, 6) is -0.716. The van der Waals surface area contributed by atoms with E-state index >= 15 is 0 Å². The molecule has 0 unspecified atom stereocenters. The number of amides is 4. The number of hydrogen-bond acceptors (Lipinski definition) is 4. The molecule has 0 atom stereocenters. The molecule has 24 heavy (non-hydrogen) atoms. The van der Waals surface area contributed by atoms with Crippen LogP contribution in [0, 0.1) is 0 Å². The maximum atomic E-state index is 12.0. The van der Waals surface area contributed by atoms with Crippen LogP contribution >= 0.6 is 0 Å². The Kier molecular flexibility index (Phi) is 8.88. The van der Waals surface area contributed by atoms with Gasteiger partial charge >= 0.3 is 6.03 Å². The van der Waals surface area contributed by atoms with Gasteiger partial charge in [-0.3, -0.25) is 14.6 Å². The number of unbranched alkanes of at least 4 members (excludes halogenated alkanes) is 1. The minimum atomic E-state index is -0.563. The van der Waals surface area contributed by atoms with Gasteiger partial charge in [0.25, 0.3) is 5.91 Å². The van der Waals surface area contributed by atoms with E-state index < -0.39 is 6.03 Å². The molecule has 0 saturated carbocycles. The largest absolute Gasteiger partial charge is 0.336 e. The monoisotopic (exact) mass is 335 g/mol. The van der Waals surface area contributed by atoms with Crippen molar-refractivity contribution in [3.8, 4) is 0 Å². The first-order valence-electron chi connectivity index (χ1n) is 8.13. The first kappa shape index (κ1) is 19.4. The molecule has 0 aromatic carbocycles. The summed E-state index contributed by atoms with van der Waals surface area (Å²) in [6.45, 7) is 3.98. The number of carbonyl (C=O) groups is 3. The number of aromatic nitrogens is 1. The van der Waals surface area contributed by atoms with Crippen LogP contribution in [0.2, 0.25) is 0 Å². The van der Waals surface area contributed by atoms with E-state index in [1.165, 1.54) is 0 Å². The smallest absolute Gasteiger partial charge is 0.335 e. The molecule has 8 heteroatoms. The van der Waals surface area contributed by atoms with Gasteiger partial charge in [0.1, 0.15) is 0 Å². The van der Waals surface area contributed by atoms with E-state index in [2.05, 4.69) is 21.2 Å². The highest BCUT2D eigenvalue weighted by Gasteiger charge is 2.17. The lowest BCUT2D eigenvalue weighted by molar-refractivity contribution is -0.144. The second-order valence-electron chi connectivity index (χ2n) is 5.16. The van der Waals surface area contributed by atoms with Gasteiger partial charge in [-0.15, -0.1) is 0 Å². The second kappa shape index (κ2) is 11.0. The molecule has 3 N–H and O–H groups in total. The molecule has 1 aromatic rings. The summed E-state index contributed by atoms with van der Waals surface area (Å²) >= 11 is 0. The number of hydrogen-bond donors (Lipinski definition) is 3. The van der Waals surface area contributed by atoms with Gasteiger partial charge in [-0.2, -0.15) is 5.12 Å². The summed E-state index contributed by atoms with van der Waals surface area (Å²) in [7, 11) is 0. The van der Waals surface area contributed by atoms with Crippen LogP contribution < -0.4 is 16.2 Å². The summed E-state index contributed by atoms with van der Waals surface area (Å²) < 4.78 is 0. The predicted octanol–water partition coefficient (Wildman–Crippen LogP) is 1.30. The molecule has 1 aromatic heterocycles. The third-order valence-electron chi connectivity index (χ3n) is 3.16. The molecule has 0 radical (unpaired) electrons. The number of rotatable bonds is 7. The number of nitrogens with zero attached hydrogens (tertiary/aromatic N) is 2. The summed E-state index contributed by atoms with van der Waals surface area (Å²) in [6, 6.07) is 4.99. The first-order valence-corrected chi connectivity index (χ1v) is 8.13. The van der Waals surface area contributed by atoms with Crippen LogP contribution in [0.3, 0.4) is 0 Å². The predicted molar refractivity (Wildman–Crippen MR) is 89.3 cm³/mol. The van der Waals surface area contributed by atoms with Crippen molar-refractivity contribution < 1.29 is 14.4 Å². The topological polar surface area (TPSA) is 103 Å². The maximum Gasteiger partial charge on any atom is 0.335 e. The molecule has 0 spiro atoms. The zero-order valence-electron chi connectivity index (χ0n) is 14.2. The minimum absolute atomic E-state index is 0.209. The van der Waals surface area contributed by atoms with Gasteiger partial charge in [0.15, 0.2) is 0 Å². The van der Waals surface area contributed by atoms with Gasteiger partial charge in [-0.05, 0) is 18.6 Å². The lowest BCUT2D eigenvalue weighted by Gasteiger charge is -2.23. The van der Waals surface area contributed by atoms with Crippen LogP contribution in [0.5, 0.6) is 0 Å². The van der Waals surface area contributed by atoms with Gasteiger partial charge in [0.2, 0.25) is 5.91 Å². The molecule has 0 aliphatic carbocycles. The molecule has 4 amide bonds. The molecule has 0 aliphatic heterocycles. The Bertz CT molecular complexity index is 536. The van der Waals surface area contributed by atoms with Crippen molar-refractivity contribution in [2.24, 2.45) is 0 Å². The molecule has 0 bridgehead atoms. The van der Waals surface area contributed by atoms with Gasteiger partial charge in [-0.25, -0.2) is 15.6 Å². The molecular weight excluding hydrogens is 310 g/mol. The fourth-order valence-electron chi connectivity index (χ4n) is 1.79. The van der Waals surface area contributed by atoms with Gasteiger partial charge in [0, 0.05) is 37.7 Å². The molecule has 1 rings (SSSR count). The van der Waals surface area contributed by atoms with Crippen molar-refractivity contribution in [2.45, 2.75) is 46.0 Å². The zero-order chi connectivity index (χ0) is 17.8. The van der Waals surface area contributed by atoms with Crippen LogP contribution in [0.15, 0.2) is 24.4 Å². The maximum absolute atomic E-state index is 12.0. The summed E-state index contributed by atoms with van der Waals surface area (Å²) in [4.78, 5) is 39.6. The molecule has 0 fully saturated rings.